The second-order valence-electron chi connectivity index (χ2n) is 9.25. The number of benzene rings is 4. The summed E-state index contributed by atoms with van der Waals surface area (Å²) in [7, 11) is -4.27. The van der Waals surface area contributed by atoms with Crippen molar-refractivity contribution in [3.8, 4) is 11.4 Å². The molecular formula is C29H24FN3O3S. The summed E-state index contributed by atoms with van der Waals surface area (Å²) >= 11 is 0. The number of carbonyl (C=O) groups is 1. The molecule has 0 bridgehead atoms. The summed E-state index contributed by atoms with van der Waals surface area (Å²) in [5.74, 6) is -0.582. The van der Waals surface area contributed by atoms with Crippen LogP contribution in [0.3, 0.4) is 0 Å². The van der Waals surface area contributed by atoms with Gasteiger partial charge in [0, 0.05) is 24.2 Å². The highest BCUT2D eigenvalue weighted by atomic mass is 32.2. The molecule has 1 saturated heterocycles. The molecular weight excluding hydrogens is 489 g/mol. The van der Waals surface area contributed by atoms with E-state index >= 15 is 0 Å². The first-order valence-corrected chi connectivity index (χ1v) is 13.7. The van der Waals surface area contributed by atoms with Gasteiger partial charge in [-0.1, -0.05) is 48.5 Å². The van der Waals surface area contributed by atoms with Gasteiger partial charge >= 0.3 is 0 Å². The average Bonchev–Trinajstić information content (AvgIpc) is 3.32. The molecule has 37 heavy (non-hydrogen) atoms. The van der Waals surface area contributed by atoms with Crippen LogP contribution in [-0.2, 0) is 10.0 Å². The van der Waals surface area contributed by atoms with Gasteiger partial charge in [-0.2, -0.15) is 0 Å². The lowest BCUT2D eigenvalue weighted by Crippen LogP contribution is -2.35. The molecule has 8 heteroatoms. The molecule has 5 aromatic rings. The zero-order valence-electron chi connectivity index (χ0n) is 20.0. The summed E-state index contributed by atoms with van der Waals surface area (Å²) in [5, 5.41) is 1.77. The SMILES string of the molecule is O=C(c1ccc2nc(-c3cccc4ccccc34)n(S(=O)(=O)c3cccc(F)c3)c2c1)N1CCCCC1. The molecule has 6 nitrogen and oxygen atoms in total. The number of amides is 1. The topological polar surface area (TPSA) is 72.3 Å². The highest BCUT2D eigenvalue weighted by Crippen LogP contribution is 2.34. The molecule has 2 heterocycles. The maximum atomic E-state index is 14.1. The first-order valence-electron chi connectivity index (χ1n) is 12.2. The van der Waals surface area contributed by atoms with Crippen molar-refractivity contribution in [3.05, 3.63) is 96.3 Å². The molecule has 0 spiro atoms. The summed E-state index contributed by atoms with van der Waals surface area (Å²) in [6, 6.07) is 23.2. The zero-order chi connectivity index (χ0) is 25.6. The van der Waals surface area contributed by atoms with Crippen molar-refractivity contribution in [3.63, 3.8) is 0 Å². The minimum Gasteiger partial charge on any atom is -0.339 e. The van der Waals surface area contributed by atoms with Crippen molar-refractivity contribution in [1.82, 2.24) is 13.9 Å². The minimum absolute atomic E-state index is 0.135. The third-order valence-corrected chi connectivity index (χ3v) is 8.57. The van der Waals surface area contributed by atoms with E-state index in [0.29, 0.717) is 29.7 Å². The number of rotatable bonds is 4. The maximum Gasteiger partial charge on any atom is 0.270 e. The van der Waals surface area contributed by atoms with Gasteiger partial charge in [0.1, 0.15) is 5.82 Å². The highest BCUT2D eigenvalue weighted by molar-refractivity contribution is 7.90. The van der Waals surface area contributed by atoms with E-state index in [0.717, 1.165) is 40.1 Å². The van der Waals surface area contributed by atoms with Gasteiger partial charge in [0.2, 0.25) is 0 Å². The summed E-state index contributed by atoms with van der Waals surface area (Å²) < 4.78 is 43.3. The van der Waals surface area contributed by atoms with Crippen LogP contribution in [0.5, 0.6) is 0 Å². The second kappa shape index (κ2) is 9.12. The average molecular weight is 514 g/mol. The number of likely N-dealkylation sites (tertiary alicyclic amines) is 1. The Hall–Kier alpha value is -4.04. The number of piperidine rings is 1. The molecule has 1 aromatic heterocycles. The van der Waals surface area contributed by atoms with E-state index < -0.39 is 15.8 Å². The zero-order valence-corrected chi connectivity index (χ0v) is 20.8. The smallest absolute Gasteiger partial charge is 0.270 e. The van der Waals surface area contributed by atoms with Gasteiger partial charge in [-0.15, -0.1) is 0 Å². The van der Waals surface area contributed by atoms with E-state index in [2.05, 4.69) is 0 Å². The number of halogens is 1. The van der Waals surface area contributed by atoms with Gasteiger partial charge in [-0.25, -0.2) is 21.8 Å². The molecule has 1 aliphatic heterocycles. The van der Waals surface area contributed by atoms with Gasteiger partial charge in [0.25, 0.3) is 15.9 Å². The van der Waals surface area contributed by atoms with Crippen molar-refractivity contribution < 1.29 is 17.6 Å². The van der Waals surface area contributed by atoms with Gasteiger partial charge in [0.05, 0.1) is 15.9 Å². The van der Waals surface area contributed by atoms with Crippen LogP contribution in [0.25, 0.3) is 33.2 Å². The van der Waals surface area contributed by atoms with Gasteiger partial charge in [0.15, 0.2) is 5.82 Å². The minimum atomic E-state index is -4.27. The summed E-state index contributed by atoms with van der Waals surface area (Å²) in [6.07, 6.45) is 2.99. The second-order valence-corrected chi connectivity index (χ2v) is 11.0. The van der Waals surface area contributed by atoms with Crippen LogP contribution in [-0.4, -0.2) is 41.3 Å². The van der Waals surface area contributed by atoms with Crippen LogP contribution in [0.1, 0.15) is 29.6 Å². The van der Waals surface area contributed by atoms with Crippen molar-refractivity contribution in [2.75, 3.05) is 13.1 Å². The summed E-state index contributed by atoms with van der Waals surface area (Å²) in [5.41, 5.74) is 1.72. The molecule has 0 atom stereocenters. The van der Waals surface area contributed by atoms with E-state index in [-0.39, 0.29) is 22.1 Å². The van der Waals surface area contributed by atoms with Crippen LogP contribution in [0, 0.1) is 5.82 Å². The number of hydrogen-bond donors (Lipinski definition) is 0. The molecule has 186 valence electrons. The Morgan fingerprint density at radius 1 is 0.838 bits per heavy atom. The third-order valence-electron chi connectivity index (χ3n) is 6.87. The molecule has 0 radical (unpaired) electrons. The van der Waals surface area contributed by atoms with E-state index in [1.165, 1.54) is 18.2 Å². The Labute approximate surface area is 214 Å². The lowest BCUT2D eigenvalue weighted by atomic mass is 10.0. The molecule has 0 aliphatic carbocycles. The predicted molar refractivity (Wildman–Crippen MR) is 141 cm³/mol. The fourth-order valence-electron chi connectivity index (χ4n) is 5.03. The monoisotopic (exact) mass is 513 g/mol. The molecule has 1 amide bonds. The Bertz CT molecular complexity index is 1770. The van der Waals surface area contributed by atoms with Gasteiger partial charge < -0.3 is 4.90 Å². The third kappa shape index (κ3) is 4.07. The van der Waals surface area contributed by atoms with E-state index in [9.17, 15) is 17.6 Å². The largest absolute Gasteiger partial charge is 0.339 e. The normalized spacial score (nSPS) is 14.4. The Kier molecular flexibility index (Phi) is 5.76. The number of nitrogens with zero attached hydrogens (tertiary/aromatic N) is 3. The van der Waals surface area contributed by atoms with Crippen molar-refractivity contribution in [1.29, 1.82) is 0 Å². The lowest BCUT2D eigenvalue weighted by Gasteiger charge is -2.26. The Morgan fingerprint density at radius 2 is 1.59 bits per heavy atom. The number of aromatic nitrogens is 2. The van der Waals surface area contributed by atoms with E-state index in [1.54, 1.807) is 23.1 Å². The van der Waals surface area contributed by atoms with Crippen LogP contribution in [0.4, 0.5) is 4.39 Å². The van der Waals surface area contributed by atoms with Crippen molar-refractivity contribution >= 4 is 37.7 Å². The van der Waals surface area contributed by atoms with Crippen molar-refractivity contribution in [2.24, 2.45) is 0 Å². The number of carbonyl (C=O) groups excluding carboxylic acids is 1. The standard InChI is InChI=1S/C29H24FN3O3S/c30-22-10-7-11-23(19-22)37(35,36)33-27-18-21(29(34)32-16-4-1-5-17-32)14-15-26(27)31-28(33)25-13-6-9-20-8-2-3-12-24(20)25/h2-3,6-15,18-19H,1,4-5,16-17H2. The number of imidazole rings is 1. The maximum absolute atomic E-state index is 14.1. The van der Waals surface area contributed by atoms with Gasteiger partial charge in [-0.3, -0.25) is 4.79 Å². The molecule has 1 fully saturated rings. The lowest BCUT2D eigenvalue weighted by molar-refractivity contribution is 0.0724. The Morgan fingerprint density at radius 3 is 2.41 bits per heavy atom. The van der Waals surface area contributed by atoms with Crippen LogP contribution >= 0.6 is 0 Å². The molecule has 6 rings (SSSR count). The molecule has 4 aromatic carbocycles. The first kappa shape index (κ1) is 23.4. The van der Waals surface area contributed by atoms with Crippen LogP contribution < -0.4 is 0 Å². The van der Waals surface area contributed by atoms with E-state index in [4.69, 9.17) is 4.98 Å². The number of hydrogen-bond acceptors (Lipinski definition) is 4. The first-order chi connectivity index (χ1) is 17.9. The quantitative estimate of drug-likeness (QED) is 0.302. The highest BCUT2D eigenvalue weighted by Gasteiger charge is 2.28. The van der Waals surface area contributed by atoms with Gasteiger partial charge in [-0.05, 0) is 66.4 Å². The molecule has 0 saturated carbocycles. The molecule has 1 aliphatic rings. The van der Waals surface area contributed by atoms with Crippen molar-refractivity contribution in [2.45, 2.75) is 24.2 Å². The summed E-state index contributed by atoms with van der Waals surface area (Å²) in [6.45, 7) is 1.36. The van der Waals surface area contributed by atoms with Crippen LogP contribution in [0.2, 0.25) is 0 Å². The summed E-state index contributed by atoms with van der Waals surface area (Å²) in [4.78, 5) is 19.6. The fraction of sp³-hybridized carbons (Fsp3) is 0.172. The Balaban J connectivity index is 1.62. The predicted octanol–water partition coefficient (Wildman–Crippen LogP) is 5.86. The fourth-order valence-corrected chi connectivity index (χ4v) is 6.53. The molecule has 0 N–H and O–H groups in total. The van der Waals surface area contributed by atoms with E-state index in [1.807, 2.05) is 42.5 Å². The van der Waals surface area contributed by atoms with Crippen LogP contribution in [0.15, 0.2) is 89.8 Å². The number of fused-ring (bicyclic) bond motifs is 2. The molecule has 0 unspecified atom stereocenters.